The third kappa shape index (κ3) is 6.64. The molecule has 5 nitrogen and oxygen atoms in total. The van der Waals surface area contributed by atoms with Gasteiger partial charge in [0, 0.05) is 10.6 Å². The van der Waals surface area contributed by atoms with Gasteiger partial charge in [0.05, 0.1) is 30.9 Å². The van der Waals surface area contributed by atoms with Crippen LogP contribution in [0.15, 0.2) is 70.2 Å². The van der Waals surface area contributed by atoms with Crippen LogP contribution in [-0.2, 0) is 13.2 Å². The predicted octanol–water partition coefficient (Wildman–Crippen LogP) is 6.21. The van der Waals surface area contributed by atoms with Gasteiger partial charge >= 0.3 is 0 Å². The zero-order valence-corrected chi connectivity index (χ0v) is 19.7. The van der Waals surface area contributed by atoms with Crippen LogP contribution in [0.5, 0.6) is 17.2 Å². The molecule has 0 unspecified atom stereocenters. The van der Waals surface area contributed by atoms with Gasteiger partial charge in [-0.25, -0.2) is 0 Å². The Hall–Kier alpha value is -2.70. The van der Waals surface area contributed by atoms with Crippen LogP contribution in [0.4, 0.5) is 0 Å². The summed E-state index contributed by atoms with van der Waals surface area (Å²) in [7, 11) is 1.66. The number of hydrogen-bond donors (Lipinski definition) is 1. The summed E-state index contributed by atoms with van der Waals surface area (Å²) < 4.78 is 18.0. The van der Waals surface area contributed by atoms with Crippen LogP contribution in [0, 0.1) is 0 Å². The van der Waals surface area contributed by atoms with Crippen LogP contribution < -0.4 is 19.6 Å². The van der Waals surface area contributed by atoms with Crippen molar-refractivity contribution in [1.29, 1.82) is 0 Å². The Balaban J connectivity index is 1.68. The van der Waals surface area contributed by atoms with Crippen LogP contribution in [0.25, 0.3) is 0 Å². The lowest BCUT2D eigenvalue weighted by molar-refractivity contribution is 0.267. The molecule has 0 bridgehead atoms. The average molecular weight is 504 g/mol. The highest BCUT2D eigenvalue weighted by Crippen LogP contribution is 2.37. The van der Waals surface area contributed by atoms with E-state index in [-0.39, 0.29) is 0 Å². The number of para-hydroxylation sites is 1. The molecule has 0 saturated carbocycles. The van der Waals surface area contributed by atoms with Crippen molar-refractivity contribution >= 4 is 33.7 Å². The molecule has 0 atom stereocenters. The van der Waals surface area contributed by atoms with Gasteiger partial charge in [-0.2, -0.15) is 5.10 Å². The van der Waals surface area contributed by atoms with E-state index in [4.69, 9.17) is 25.8 Å². The fourth-order valence-electron chi connectivity index (χ4n) is 2.90. The van der Waals surface area contributed by atoms with Gasteiger partial charge < -0.3 is 19.6 Å². The predicted molar refractivity (Wildman–Crippen MR) is 129 cm³/mol. The van der Waals surface area contributed by atoms with Crippen molar-refractivity contribution in [3.63, 3.8) is 0 Å². The Morgan fingerprint density at radius 1 is 1.03 bits per heavy atom. The maximum Gasteiger partial charge on any atom is 0.175 e. The molecule has 3 aromatic rings. The summed E-state index contributed by atoms with van der Waals surface area (Å²) in [5.74, 6) is 2.13. The van der Waals surface area contributed by atoms with Crippen molar-refractivity contribution in [2.24, 2.45) is 5.10 Å². The number of nitrogens with one attached hydrogen (secondary N) is 1. The fourth-order valence-corrected chi connectivity index (χ4v) is 3.60. The Bertz CT molecular complexity index is 1030. The number of methoxy groups -OCH3 is 1. The third-order valence-electron chi connectivity index (χ3n) is 4.40. The summed E-state index contributed by atoms with van der Waals surface area (Å²) in [5, 5.41) is 5.02. The van der Waals surface area contributed by atoms with Gasteiger partial charge in [-0.15, -0.1) is 0 Å². The lowest BCUT2D eigenvalue weighted by Gasteiger charge is -2.15. The van der Waals surface area contributed by atoms with Gasteiger partial charge in [-0.3, -0.25) is 0 Å². The molecule has 7 heteroatoms. The van der Waals surface area contributed by atoms with E-state index >= 15 is 0 Å². The van der Waals surface area contributed by atoms with E-state index in [0.717, 1.165) is 26.9 Å². The quantitative estimate of drug-likeness (QED) is 0.264. The van der Waals surface area contributed by atoms with Gasteiger partial charge in [-0.1, -0.05) is 41.9 Å². The summed E-state index contributed by atoms with van der Waals surface area (Å²) in [6.07, 6.45) is 1.74. The SMILES string of the molecule is CCOc1cc(/C=N\NCc2ccccc2OC)cc(Br)c1OCc1ccc(Cl)cc1. The zero-order chi connectivity index (χ0) is 22.1. The molecule has 3 rings (SSSR count). The molecule has 1 N–H and O–H groups in total. The number of hydrazone groups is 1. The second-order valence-corrected chi connectivity index (χ2v) is 7.87. The number of ether oxygens (including phenoxy) is 3. The Labute approximate surface area is 196 Å². The highest BCUT2D eigenvalue weighted by molar-refractivity contribution is 9.10. The lowest BCUT2D eigenvalue weighted by Crippen LogP contribution is -2.07. The minimum atomic E-state index is 0.406. The summed E-state index contributed by atoms with van der Waals surface area (Å²) >= 11 is 9.54. The van der Waals surface area contributed by atoms with E-state index < -0.39 is 0 Å². The molecule has 0 aliphatic rings. The lowest BCUT2D eigenvalue weighted by atomic mass is 10.2. The van der Waals surface area contributed by atoms with E-state index in [0.29, 0.717) is 36.3 Å². The van der Waals surface area contributed by atoms with E-state index in [9.17, 15) is 0 Å². The standard InChI is InChI=1S/C24H24BrClN2O3/c1-3-30-23-13-18(14-27-28-15-19-6-4-5-7-22(19)29-2)12-21(25)24(23)31-16-17-8-10-20(26)11-9-17/h4-14,28H,3,15-16H2,1-2H3/b27-14-. The van der Waals surface area contributed by atoms with E-state index in [2.05, 4.69) is 26.5 Å². The van der Waals surface area contributed by atoms with E-state index in [1.165, 1.54) is 0 Å². The average Bonchev–Trinajstić information content (AvgIpc) is 2.78. The minimum Gasteiger partial charge on any atom is -0.496 e. The summed E-state index contributed by atoms with van der Waals surface area (Å²) in [6, 6.07) is 19.2. The second kappa shape index (κ2) is 11.6. The van der Waals surface area contributed by atoms with Crippen LogP contribution in [0.3, 0.4) is 0 Å². The van der Waals surface area contributed by atoms with E-state index in [1.54, 1.807) is 13.3 Å². The van der Waals surface area contributed by atoms with Crippen molar-refractivity contribution in [1.82, 2.24) is 5.43 Å². The molecule has 0 aliphatic carbocycles. The first kappa shape index (κ1) is 23.0. The smallest absolute Gasteiger partial charge is 0.175 e. The zero-order valence-electron chi connectivity index (χ0n) is 17.4. The van der Waals surface area contributed by atoms with Gasteiger partial charge in [0.15, 0.2) is 11.5 Å². The van der Waals surface area contributed by atoms with Crippen LogP contribution in [-0.4, -0.2) is 19.9 Å². The molecule has 0 amide bonds. The fraction of sp³-hybridized carbons (Fsp3) is 0.208. The molecule has 0 fully saturated rings. The maximum atomic E-state index is 6.02. The minimum absolute atomic E-state index is 0.406. The van der Waals surface area contributed by atoms with Crippen molar-refractivity contribution in [2.75, 3.05) is 13.7 Å². The molecule has 0 spiro atoms. The number of rotatable bonds is 10. The van der Waals surface area contributed by atoms with Gasteiger partial charge in [0.25, 0.3) is 0 Å². The Kier molecular flexibility index (Phi) is 8.62. The monoisotopic (exact) mass is 502 g/mol. The first-order valence-electron chi connectivity index (χ1n) is 9.82. The highest BCUT2D eigenvalue weighted by atomic mass is 79.9. The largest absolute Gasteiger partial charge is 0.496 e. The Morgan fingerprint density at radius 3 is 2.55 bits per heavy atom. The van der Waals surface area contributed by atoms with Crippen LogP contribution in [0.1, 0.15) is 23.6 Å². The topological polar surface area (TPSA) is 52.1 Å². The summed E-state index contributed by atoms with van der Waals surface area (Å²) in [5.41, 5.74) is 5.98. The van der Waals surface area contributed by atoms with Crippen LogP contribution >= 0.6 is 27.5 Å². The molecule has 0 radical (unpaired) electrons. The number of halogens is 2. The van der Waals surface area contributed by atoms with Crippen molar-refractivity contribution < 1.29 is 14.2 Å². The van der Waals surface area contributed by atoms with Gasteiger partial charge in [0.1, 0.15) is 12.4 Å². The van der Waals surface area contributed by atoms with E-state index in [1.807, 2.05) is 67.6 Å². The number of benzene rings is 3. The molecule has 0 aliphatic heterocycles. The van der Waals surface area contributed by atoms with Gasteiger partial charge in [-0.05, 0) is 64.3 Å². The summed E-state index contributed by atoms with van der Waals surface area (Å²) in [4.78, 5) is 0. The molecular formula is C24H24BrClN2O3. The van der Waals surface area contributed by atoms with Crippen LogP contribution in [0.2, 0.25) is 5.02 Å². The van der Waals surface area contributed by atoms with Crippen molar-refractivity contribution in [3.8, 4) is 17.2 Å². The highest BCUT2D eigenvalue weighted by Gasteiger charge is 2.12. The molecule has 0 aromatic heterocycles. The summed E-state index contributed by atoms with van der Waals surface area (Å²) in [6.45, 7) is 3.43. The number of hydrogen-bond acceptors (Lipinski definition) is 5. The molecule has 31 heavy (non-hydrogen) atoms. The molecule has 162 valence electrons. The molecule has 3 aromatic carbocycles. The van der Waals surface area contributed by atoms with Crippen molar-refractivity contribution in [2.45, 2.75) is 20.1 Å². The van der Waals surface area contributed by atoms with Gasteiger partial charge in [0.2, 0.25) is 0 Å². The Morgan fingerprint density at radius 2 is 1.81 bits per heavy atom. The second-order valence-electron chi connectivity index (χ2n) is 6.58. The first-order valence-corrected chi connectivity index (χ1v) is 11.0. The third-order valence-corrected chi connectivity index (χ3v) is 5.24. The molecular weight excluding hydrogens is 480 g/mol. The molecule has 0 saturated heterocycles. The number of nitrogens with zero attached hydrogens (tertiary/aromatic N) is 1. The molecule has 0 heterocycles. The van der Waals surface area contributed by atoms with Crippen molar-refractivity contribution in [3.05, 3.63) is 86.8 Å². The maximum absolute atomic E-state index is 6.02. The first-order chi connectivity index (χ1) is 15.1. The normalized spacial score (nSPS) is 10.8.